The van der Waals surface area contributed by atoms with Crippen LogP contribution in [-0.2, 0) is 10.5 Å². The molecule has 0 aliphatic heterocycles. The number of hydrazine groups is 1. The van der Waals surface area contributed by atoms with Gasteiger partial charge in [-0.05, 0) is 17.7 Å². The third-order valence-corrected chi connectivity index (χ3v) is 3.73. The summed E-state index contributed by atoms with van der Waals surface area (Å²) in [7, 11) is 0. The van der Waals surface area contributed by atoms with E-state index in [1.54, 1.807) is 6.26 Å². The maximum Gasteiger partial charge on any atom is 0.251 e. The number of nitrogens with two attached hydrogens (primary N) is 1. The number of hydrogen-bond acceptors (Lipinski definition) is 4. The van der Waals surface area contributed by atoms with Gasteiger partial charge < -0.3 is 4.42 Å². The quantitative estimate of drug-likeness (QED) is 0.492. The highest BCUT2D eigenvalue weighted by molar-refractivity contribution is 7.99. The molecule has 1 heterocycles. The number of hydrogen-bond donors (Lipinski definition) is 2. The molecule has 94 valence electrons. The third kappa shape index (κ3) is 3.15. The van der Waals surface area contributed by atoms with Crippen LogP contribution in [0.25, 0.3) is 0 Å². The zero-order valence-corrected chi connectivity index (χ0v) is 10.5. The normalized spacial score (nSPS) is 12.1. The number of carbonyl (C=O) groups excluding carboxylic acids is 1. The molecule has 0 fully saturated rings. The van der Waals surface area contributed by atoms with Crippen molar-refractivity contribution in [2.75, 3.05) is 0 Å². The molecule has 2 rings (SSSR count). The minimum Gasteiger partial charge on any atom is -0.468 e. The highest BCUT2D eigenvalue weighted by Gasteiger charge is 2.20. The summed E-state index contributed by atoms with van der Waals surface area (Å²) >= 11 is 1.48. The fourth-order valence-electron chi connectivity index (χ4n) is 1.59. The van der Waals surface area contributed by atoms with Crippen molar-refractivity contribution in [1.29, 1.82) is 0 Å². The molecule has 0 radical (unpaired) electrons. The van der Waals surface area contributed by atoms with E-state index in [-0.39, 0.29) is 11.2 Å². The van der Waals surface area contributed by atoms with Crippen molar-refractivity contribution in [1.82, 2.24) is 5.43 Å². The lowest BCUT2D eigenvalue weighted by atomic mass is 10.1. The molecule has 0 aliphatic rings. The van der Waals surface area contributed by atoms with Crippen LogP contribution in [-0.4, -0.2) is 5.91 Å². The van der Waals surface area contributed by atoms with Gasteiger partial charge in [-0.2, -0.15) is 0 Å². The minimum absolute atomic E-state index is 0.210. The molecule has 18 heavy (non-hydrogen) atoms. The Bertz CT molecular complexity index is 485. The number of carbonyl (C=O) groups is 1. The van der Waals surface area contributed by atoms with Crippen molar-refractivity contribution in [2.24, 2.45) is 5.84 Å². The predicted molar refractivity (Wildman–Crippen MR) is 71.5 cm³/mol. The fraction of sp³-hybridized carbons (Fsp3) is 0.154. The van der Waals surface area contributed by atoms with Crippen LogP contribution in [0.2, 0.25) is 0 Å². The lowest BCUT2D eigenvalue weighted by molar-refractivity contribution is -0.120. The summed E-state index contributed by atoms with van der Waals surface area (Å²) in [4.78, 5) is 11.8. The van der Waals surface area contributed by atoms with Crippen molar-refractivity contribution in [2.45, 2.75) is 11.0 Å². The third-order valence-electron chi connectivity index (χ3n) is 2.46. The molecular weight excluding hydrogens is 248 g/mol. The number of rotatable bonds is 5. The molecule has 3 N–H and O–H groups in total. The lowest BCUT2D eigenvalue weighted by Gasteiger charge is -2.14. The monoisotopic (exact) mass is 262 g/mol. The zero-order chi connectivity index (χ0) is 12.8. The predicted octanol–water partition coefficient (Wildman–Crippen LogP) is 2.24. The number of nitrogens with one attached hydrogen (secondary N) is 1. The van der Waals surface area contributed by atoms with E-state index < -0.39 is 0 Å². The summed E-state index contributed by atoms with van der Waals surface area (Å²) in [6, 6.07) is 13.3. The van der Waals surface area contributed by atoms with Crippen LogP contribution < -0.4 is 11.3 Å². The highest BCUT2D eigenvalue weighted by Crippen LogP contribution is 2.31. The van der Waals surface area contributed by atoms with Gasteiger partial charge in [0.15, 0.2) is 0 Å². The molecule has 2 aromatic rings. The van der Waals surface area contributed by atoms with Crippen molar-refractivity contribution >= 4 is 17.7 Å². The molecule has 1 aromatic carbocycles. The summed E-state index contributed by atoms with van der Waals surface area (Å²) in [5.41, 5.74) is 3.13. The summed E-state index contributed by atoms with van der Waals surface area (Å²) < 4.78 is 5.25. The Balaban J connectivity index is 2.09. The molecule has 0 bridgehead atoms. The highest BCUT2D eigenvalue weighted by atomic mass is 32.2. The molecule has 1 aromatic heterocycles. The van der Waals surface area contributed by atoms with Crippen molar-refractivity contribution in [3.8, 4) is 0 Å². The van der Waals surface area contributed by atoms with E-state index in [1.807, 2.05) is 42.5 Å². The van der Waals surface area contributed by atoms with Crippen LogP contribution in [0, 0.1) is 0 Å². The van der Waals surface area contributed by atoms with Gasteiger partial charge in [-0.3, -0.25) is 10.2 Å². The average Bonchev–Trinajstić information content (AvgIpc) is 2.93. The van der Waals surface area contributed by atoms with Crippen LogP contribution in [0.5, 0.6) is 0 Å². The largest absolute Gasteiger partial charge is 0.468 e. The average molecular weight is 262 g/mol. The first-order valence-corrected chi connectivity index (χ1v) is 6.55. The summed E-state index contributed by atoms with van der Waals surface area (Å²) in [5.74, 6) is 6.48. The van der Waals surface area contributed by atoms with Crippen LogP contribution >= 0.6 is 11.8 Å². The van der Waals surface area contributed by atoms with Gasteiger partial charge in [0.1, 0.15) is 11.0 Å². The molecule has 0 saturated carbocycles. The van der Waals surface area contributed by atoms with Crippen molar-refractivity contribution < 1.29 is 9.21 Å². The smallest absolute Gasteiger partial charge is 0.251 e. The Kier molecular flexibility index (Phi) is 4.44. The number of furan rings is 1. The van der Waals surface area contributed by atoms with Gasteiger partial charge in [-0.25, -0.2) is 5.84 Å². The Hall–Kier alpha value is -1.72. The van der Waals surface area contributed by atoms with Crippen molar-refractivity contribution in [3.63, 3.8) is 0 Å². The Morgan fingerprint density at radius 3 is 2.67 bits per heavy atom. The second kappa shape index (κ2) is 6.28. The SMILES string of the molecule is NNC(=O)C(SCc1ccco1)c1ccccc1. The molecule has 1 amide bonds. The number of thioether (sulfide) groups is 1. The molecule has 1 atom stereocenters. The summed E-state index contributed by atoms with van der Waals surface area (Å²) in [5, 5.41) is -0.332. The second-order valence-electron chi connectivity index (χ2n) is 3.69. The minimum atomic E-state index is -0.332. The first-order valence-electron chi connectivity index (χ1n) is 5.50. The molecular formula is C13H14N2O2S. The van der Waals surface area contributed by atoms with Gasteiger partial charge in [-0.15, -0.1) is 11.8 Å². The van der Waals surface area contributed by atoms with Gasteiger partial charge in [0.05, 0.1) is 12.0 Å². The molecule has 0 saturated heterocycles. The van der Waals surface area contributed by atoms with E-state index in [2.05, 4.69) is 5.43 Å². The zero-order valence-electron chi connectivity index (χ0n) is 9.71. The Morgan fingerprint density at radius 1 is 1.28 bits per heavy atom. The van der Waals surface area contributed by atoms with Crippen LogP contribution in [0.3, 0.4) is 0 Å². The van der Waals surface area contributed by atoms with Gasteiger partial charge >= 0.3 is 0 Å². The number of benzene rings is 1. The molecule has 0 aliphatic carbocycles. The van der Waals surface area contributed by atoms with Crippen molar-refractivity contribution in [3.05, 3.63) is 60.1 Å². The van der Waals surface area contributed by atoms with E-state index in [1.165, 1.54) is 11.8 Å². The standard InChI is InChI=1S/C13H14N2O2S/c14-15-13(16)12(10-5-2-1-3-6-10)18-9-11-7-4-8-17-11/h1-8,12H,9,14H2,(H,15,16). The van der Waals surface area contributed by atoms with Gasteiger partial charge in [-0.1, -0.05) is 30.3 Å². The topological polar surface area (TPSA) is 68.3 Å². The summed E-state index contributed by atoms with van der Waals surface area (Å²) in [6.45, 7) is 0. The first-order chi connectivity index (χ1) is 8.81. The van der Waals surface area contributed by atoms with Crippen LogP contribution in [0.1, 0.15) is 16.6 Å². The number of amides is 1. The maximum atomic E-state index is 11.8. The molecule has 5 heteroatoms. The van der Waals surface area contributed by atoms with Gasteiger partial charge in [0.2, 0.25) is 0 Å². The molecule has 0 spiro atoms. The summed E-state index contributed by atoms with van der Waals surface area (Å²) in [6.07, 6.45) is 1.62. The van der Waals surface area contributed by atoms with E-state index in [4.69, 9.17) is 10.3 Å². The second-order valence-corrected chi connectivity index (χ2v) is 4.78. The van der Waals surface area contributed by atoms with Crippen LogP contribution in [0.15, 0.2) is 53.1 Å². The van der Waals surface area contributed by atoms with E-state index in [9.17, 15) is 4.79 Å². The maximum absolute atomic E-state index is 11.8. The van der Waals surface area contributed by atoms with Gasteiger partial charge in [0, 0.05) is 0 Å². The van der Waals surface area contributed by atoms with Gasteiger partial charge in [0.25, 0.3) is 5.91 Å². The fourth-order valence-corrected chi connectivity index (χ4v) is 2.65. The van der Waals surface area contributed by atoms with E-state index in [0.717, 1.165) is 11.3 Å². The molecule has 1 unspecified atom stereocenters. The Labute approximate surface area is 110 Å². The molecule has 4 nitrogen and oxygen atoms in total. The first kappa shape index (κ1) is 12.7. The van der Waals surface area contributed by atoms with E-state index >= 15 is 0 Å². The lowest BCUT2D eigenvalue weighted by Crippen LogP contribution is -2.33. The van der Waals surface area contributed by atoms with E-state index in [0.29, 0.717) is 5.75 Å². The van der Waals surface area contributed by atoms with Crippen LogP contribution in [0.4, 0.5) is 0 Å². The Morgan fingerprint density at radius 2 is 2.06 bits per heavy atom.